The summed E-state index contributed by atoms with van der Waals surface area (Å²) in [6, 6.07) is 17.6. The number of anilines is 1. The lowest BCUT2D eigenvalue weighted by Crippen LogP contribution is -2.48. The van der Waals surface area contributed by atoms with E-state index in [1.165, 1.54) is 0 Å². The Morgan fingerprint density at radius 2 is 1.76 bits per heavy atom. The molecule has 0 radical (unpaired) electrons. The normalized spacial score (nSPS) is 20.6. The number of hydrogen-bond donors (Lipinski definition) is 1. The first-order chi connectivity index (χ1) is 15.8. The maximum atomic E-state index is 13.1. The van der Waals surface area contributed by atoms with Gasteiger partial charge in [-0.2, -0.15) is 0 Å². The summed E-state index contributed by atoms with van der Waals surface area (Å²) in [5.41, 5.74) is 1.31. The van der Waals surface area contributed by atoms with Crippen molar-refractivity contribution in [3.63, 3.8) is 0 Å². The molecule has 1 N–H and O–H groups in total. The van der Waals surface area contributed by atoms with Gasteiger partial charge in [0.2, 0.25) is 0 Å². The lowest BCUT2D eigenvalue weighted by Gasteiger charge is -2.33. The van der Waals surface area contributed by atoms with Gasteiger partial charge in [0, 0.05) is 18.5 Å². The highest BCUT2D eigenvalue weighted by atomic mass is 28.4. The Balaban J connectivity index is 1.65. The molecule has 2 aromatic rings. The summed E-state index contributed by atoms with van der Waals surface area (Å²) in [5, 5.41) is 2.78. The quantitative estimate of drug-likeness (QED) is 0.362. The average molecular weight is 484 g/mol. The molecular formula is C27H37NO5Si. The van der Waals surface area contributed by atoms with E-state index < -0.39 is 25.6 Å². The van der Waals surface area contributed by atoms with Gasteiger partial charge in [-0.3, -0.25) is 5.32 Å². The van der Waals surface area contributed by atoms with Crippen LogP contribution >= 0.6 is 0 Å². The van der Waals surface area contributed by atoms with Crippen LogP contribution in [0.25, 0.3) is 0 Å². The van der Waals surface area contributed by atoms with Gasteiger partial charge in [-0.15, -0.1) is 0 Å². The Kier molecular flexibility index (Phi) is 7.88. The fourth-order valence-corrected chi connectivity index (χ4v) is 5.65. The van der Waals surface area contributed by atoms with E-state index in [1.54, 1.807) is 0 Å². The number of rotatable bonds is 8. The fourth-order valence-electron chi connectivity index (χ4n) is 4.24. The van der Waals surface area contributed by atoms with Crippen molar-refractivity contribution >= 4 is 26.1 Å². The van der Waals surface area contributed by atoms with Crippen LogP contribution in [-0.2, 0) is 31.5 Å². The number of carbonyl (C=O) groups excluding carboxylic acids is 2. The molecule has 34 heavy (non-hydrogen) atoms. The van der Waals surface area contributed by atoms with Crippen LogP contribution in [0.1, 0.15) is 44.7 Å². The van der Waals surface area contributed by atoms with Gasteiger partial charge in [0.15, 0.2) is 13.9 Å². The van der Waals surface area contributed by atoms with Gasteiger partial charge < -0.3 is 13.9 Å². The van der Waals surface area contributed by atoms with Crippen molar-refractivity contribution in [3.05, 3.63) is 65.7 Å². The number of aryl methyl sites for hydroxylation is 1. The minimum Gasteiger partial charge on any atom is -0.460 e. The molecule has 0 spiro atoms. The summed E-state index contributed by atoms with van der Waals surface area (Å²) in [6.07, 6.45) is 1.77. The molecule has 0 saturated carbocycles. The van der Waals surface area contributed by atoms with Gasteiger partial charge in [0.25, 0.3) is 0 Å². The van der Waals surface area contributed by atoms with Crippen LogP contribution in [0.2, 0.25) is 19.6 Å². The summed E-state index contributed by atoms with van der Waals surface area (Å²) >= 11 is 0. The Morgan fingerprint density at radius 3 is 2.41 bits per heavy atom. The number of cyclic esters (lactones) is 1. The number of hydrogen-bond acceptors (Lipinski definition) is 5. The molecule has 184 valence electrons. The Morgan fingerprint density at radius 1 is 1.09 bits per heavy atom. The largest absolute Gasteiger partial charge is 0.460 e. The molecule has 1 heterocycles. The maximum absolute atomic E-state index is 13.1. The van der Waals surface area contributed by atoms with Gasteiger partial charge >= 0.3 is 12.1 Å². The molecule has 0 aromatic heterocycles. The van der Waals surface area contributed by atoms with E-state index in [-0.39, 0.29) is 12.1 Å². The maximum Gasteiger partial charge on any atom is 0.412 e. The highest BCUT2D eigenvalue weighted by Gasteiger charge is 2.51. The van der Waals surface area contributed by atoms with Crippen LogP contribution in [0.5, 0.6) is 0 Å². The Hall–Kier alpha value is -2.64. The van der Waals surface area contributed by atoms with Crippen LogP contribution < -0.4 is 5.32 Å². The number of carbonyl (C=O) groups is 2. The summed E-state index contributed by atoms with van der Waals surface area (Å²) in [6.45, 7) is 11.8. The van der Waals surface area contributed by atoms with Crippen LogP contribution in [0.15, 0.2) is 54.6 Å². The van der Waals surface area contributed by atoms with Crippen LogP contribution in [0.3, 0.4) is 0 Å². The van der Waals surface area contributed by atoms with Gasteiger partial charge in [0.1, 0.15) is 11.7 Å². The van der Waals surface area contributed by atoms with E-state index in [0.717, 1.165) is 17.5 Å². The number of nitrogens with one attached hydrogen (secondary N) is 1. The first-order valence-corrected chi connectivity index (χ1v) is 15.3. The molecule has 1 fully saturated rings. The van der Waals surface area contributed by atoms with E-state index >= 15 is 0 Å². The van der Waals surface area contributed by atoms with Crippen LogP contribution in [0, 0.1) is 0 Å². The average Bonchev–Trinajstić information content (AvgIpc) is 2.99. The van der Waals surface area contributed by atoms with Gasteiger partial charge in [-0.05, 0) is 76.5 Å². The zero-order chi connectivity index (χ0) is 25.0. The summed E-state index contributed by atoms with van der Waals surface area (Å²) < 4.78 is 17.7. The molecule has 2 atom stereocenters. The van der Waals surface area contributed by atoms with Crippen LogP contribution in [0.4, 0.5) is 10.5 Å². The first kappa shape index (κ1) is 26.0. The lowest BCUT2D eigenvalue weighted by atomic mass is 9.90. The van der Waals surface area contributed by atoms with Crippen molar-refractivity contribution in [1.82, 2.24) is 0 Å². The molecule has 7 heteroatoms. The molecule has 1 aliphatic rings. The second-order valence-electron chi connectivity index (χ2n) is 11.0. The highest BCUT2D eigenvalue weighted by molar-refractivity contribution is 6.70. The van der Waals surface area contributed by atoms with Gasteiger partial charge in [-0.1, -0.05) is 42.5 Å². The zero-order valence-corrected chi connectivity index (χ0v) is 22.1. The fraction of sp³-hybridized carbons (Fsp3) is 0.481. The van der Waals surface area contributed by atoms with E-state index in [1.807, 2.05) is 75.4 Å². The van der Waals surface area contributed by atoms with E-state index in [4.69, 9.17) is 13.9 Å². The molecule has 1 aliphatic heterocycles. The van der Waals surface area contributed by atoms with Crippen LogP contribution in [-0.4, -0.2) is 37.7 Å². The molecule has 2 aromatic carbocycles. The third-order valence-corrected chi connectivity index (χ3v) is 6.37. The Bertz CT molecular complexity index is 996. The Labute approximate surface area is 204 Å². The molecule has 0 aliphatic carbocycles. The van der Waals surface area contributed by atoms with Crippen molar-refractivity contribution < 1.29 is 23.5 Å². The van der Waals surface area contributed by atoms with E-state index in [2.05, 4.69) is 25.0 Å². The molecule has 6 nitrogen and oxygen atoms in total. The predicted octanol–water partition coefficient (Wildman–Crippen LogP) is 6.11. The standard InChI is InChI=1S/C27H37NO5Si/c1-26(2,3)32-25(30)28-22-14-10-13-20(17-22)15-16-23-19-27(24(29)31-23,33-34(4,5)6)18-21-11-8-7-9-12-21/h7-14,17,23H,15-16,18-19H2,1-6H3,(H,28,30)/t23-,27-/m1/s1. The molecule has 1 amide bonds. The predicted molar refractivity (Wildman–Crippen MR) is 136 cm³/mol. The molecule has 0 unspecified atom stereocenters. The van der Waals surface area contributed by atoms with Crippen molar-refractivity contribution in [2.45, 2.75) is 83.4 Å². The minimum absolute atomic E-state index is 0.213. The minimum atomic E-state index is -2.00. The van der Waals surface area contributed by atoms with Crippen molar-refractivity contribution in [2.75, 3.05) is 5.32 Å². The van der Waals surface area contributed by atoms with E-state index in [0.29, 0.717) is 24.9 Å². The number of benzene rings is 2. The second kappa shape index (κ2) is 10.3. The van der Waals surface area contributed by atoms with Crippen molar-refractivity contribution in [2.24, 2.45) is 0 Å². The summed E-state index contributed by atoms with van der Waals surface area (Å²) in [5.74, 6) is -0.260. The smallest absolute Gasteiger partial charge is 0.412 e. The molecule has 1 saturated heterocycles. The highest BCUT2D eigenvalue weighted by Crippen LogP contribution is 2.37. The number of ether oxygens (including phenoxy) is 2. The van der Waals surface area contributed by atoms with Crippen molar-refractivity contribution in [3.8, 4) is 0 Å². The summed E-state index contributed by atoms with van der Waals surface area (Å²) in [7, 11) is -2.00. The number of esters is 1. The topological polar surface area (TPSA) is 73.9 Å². The van der Waals surface area contributed by atoms with Gasteiger partial charge in [-0.25, -0.2) is 9.59 Å². The number of amides is 1. The van der Waals surface area contributed by atoms with Gasteiger partial charge in [0.05, 0.1) is 0 Å². The monoisotopic (exact) mass is 483 g/mol. The molecular weight excluding hydrogens is 446 g/mol. The SMILES string of the molecule is CC(C)(C)OC(=O)Nc1cccc(CC[C@@H]2C[C@@](Cc3ccccc3)(O[Si](C)(C)C)C(=O)O2)c1. The molecule has 0 bridgehead atoms. The van der Waals surface area contributed by atoms with Crippen molar-refractivity contribution in [1.29, 1.82) is 0 Å². The third kappa shape index (κ3) is 7.70. The first-order valence-electron chi connectivity index (χ1n) is 11.9. The second-order valence-corrected chi connectivity index (χ2v) is 15.4. The third-order valence-electron chi connectivity index (χ3n) is 5.36. The molecule has 3 rings (SSSR count). The lowest BCUT2D eigenvalue weighted by molar-refractivity contribution is -0.153. The summed E-state index contributed by atoms with van der Waals surface area (Å²) in [4.78, 5) is 25.2. The van der Waals surface area contributed by atoms with E-state index in [9.17, 15) is 9.59 Å². The zero-order valence-electron chi connectivity index (χ0n) is 21.1.